The molecule has 0 atom stereocenters. The van der Waals surface area contributed by atoms with Crippen LogP contribution in [0, 0.1) is 45.3 Å². The van der Waals surface area contributed by atoms with E-state index >= 15 is 0 Å². The highest BCUT2D eigenvalue weighted by molar-refractivity contribution is 7.16. The van der Waals surface area contributed by atoms with Crippen molar-refractivity contribution in [3.63, 3.8) is 0 Å². The summed E-state index contributed by atoms with van der Waals surface area (Å²) in [6, 6.07) is 22.5. The zero-order valence-electron chi connectivity index (χ0n) is 26.0. The fraction of sp³-hybridized carbons (Fsp3) is 0.132. The summed E-state index contributed by atoms with van der Waals surface area (Å²) in [6.07, 6.45) is -8.27. The normalized spacial score (nSPS) is 16.4. The number of fused-ring (bicyclic) bond motifs is 5. The molecule has 0 unspecified atom stereocenters. The average Bonchev–Trinajstić information content (AvgIpc) is 3.89. The summed E-state index contributed by atoms with van der Waals surface area (Å²) >= 11 is 1.14. The minimum absolute atomic E-state index is 0.209. The first-order valence-electron chi connectivity index (χ1n) is 15.0. The zero-order valence-corrected chi connectivity index (χ0v) is 27.6. The van der Waals surface area contributed by atoms with Gasteiger partial charge in [-0.25, -0.2) is 4.99 Å². The van der Waals surface area contributed by atoms with Crippen molar-refractivity contribution in [2.45, 2.75) is 32.1 Å². The summed E-state index contributed by atoms with van der Waals surface area (Å²) in [5, 5.41) is 40.2. The predicted octanol–water partition coefficient (Wildman–Crippen LogP) is 11.1. The maximum atomic E-state index is 13.4. The first kappa shape index (κ1) is 33.5. The number of nitrogens with zero attached hydrogens (tertiary/aromatic N) is 5. The van der Waals surface area contributed by atoms with E-state index in [9.17, 15) is 47.4 Å². The van der Waals surface area contributed by atoms with Crippen LogP contribution >= 0.6 is 22.7 Å². The SMILES string of the molecule is C/C1=C2\C(=NC3=C(CC1)c1ccc(-c4ccc(C(F)(F)F)s4)cc1C3=C(C#N)C#N)c1ccc(-c3ccc(C(F)(F)F)s3)cc1C2=C(C#N)C#N. The summed E-state index contributed by atoms with van der Waals surface area (Å²) in [5.41, 5.74) is 5.60. The molecule has 1 aliphatic heterocycles. The maximum Gasteiger partial charge on any atom is 0.425 e. The molecule has 0 saturated heterocycles. The van der Waals surface area contributed by atoms with Gasteiger partial charge >= 0.3 is 12.4 Å². The van der Waals surface area contributed by atoms with Crippen molar-refractivity contribution < 1.29 is 26.3 Å². The van der Waals surface area contributed by atoms with Gasteiger partial charge in [0.05, 0.1) is 11.4 Å². The van der Waals surface area contributed by atoms with E-state index in [1.807, 2.05) is 31.2 Å². The molecule has 0 radical (unpaired) electrons. The Balaban J connectivity index is 1.45. The molecular formula is C38H17F6N5S2. The molecule has 0 N–H and O–H groups in total. The Hall–Kier alpha value is -5.99. The van der Waals surface area contributed by atoms with E-state index in [0.717, 1.165) is 17.7 Å². The van der Waals surface area contributed by atoms with E-state index in [-0.39, 0.29) is 22.3 Å². The van der Waals surface area contributed by atoms with Crippen LogP contribution < -0.4 is 0 Å². The second-order valence-electron chi connectivity index (χ2n) is 11.7. The minimum Gasteiger partial charge on any atom is -0.247 e. The van der Waals surface area contributed by atoms with Crippen LogP contribution in [0.25, 0.3) is 37.6 Å². The molecule has 0 saturated carbocycles. The smallest absolute Gasteiger partial charge is 0.247 e. The number of benzene rings is 2. The van der Waals surface area contributed by atoms with E-state index in [0.29, 0.717) is 101 Å². The number of allylic oxidation sites excluding steroid dienone is 7. The van der Waals surface area contributed by atoms with Gasteiger partial charge < -0.3 is 0 Å². The van der Waals surface area contributed by atoms with Crippen molar-refractivity contribution in [2.24, 2.45) is 4.99 Å². The summed E-state index contributed by atoms with van der Waals surface area (Å²) in [4.78, 5) is 4.20. The molecule has 0 spiro atoms. The average molecular weight is 722 g/mol. The summed E-state index contributed by atoms with van der Waals surface area (Å²) in [5.74, 6) is 0. The van der Waals surface area contributed by atoms with Crippen LogP contribution in [0.15, 0.2) is 93.6 Å². The number of halogens is 6. The number of hydrogen-bond acceptors (Lipinski definition) is 7. The number of alkyl halides is 6. The van der Waals surface area contributed by atoms with Crippen LogP contribution in [-0.2, 0) is 12.4 Å². The molecule has 2 aromatic heterocycles. The van der Waals surface area contributed by atoms with Gasteiger partial charge in [0.1, 0.15) is 45.2 Å². The van der Waals surface area contributed by atoms with Gasteiger partial charge in [-0.15, -0.1) is 22.7 Å². The Kier molecular flexibility index (Phi) is 7.95. The lowest BCUT2D eigenvalue weighted by Crippen LogP contribution is -2.06. The Morgan fingerprint density at radius 3 is 1.61 bits per heavy atom. The molecule has 3 heterocycles. The fourth-order valence-corrected chi connectivity index (χ4v) is 8.35. The second-order valence-corrected chi connectivity index (χ2v) is 13.9. The molecule has 4 aromatic rings. The Bertz CT molecular complexity index is 2530. The van der Waals surface area contributed by atoms with Crippen molar-refractivity contribution in [2.75, 3.05) is 0 Å². The summed E-state index contributed by atoms with van der Waals surface area (Å²) in [6.45, 7) is 1.84. The minimum atomic E-state index is -4.53. The monoisotopic (exact) mass is 721 g/mol. The van der Waals surface area contributed by atoms with Crippen molar-refractivity contribution >= 4 is 45.1 Å². The molecule has 5 nitrogen and oxygen atoms in total. The van der Waals surface area contributed by atoms with E-state index in [2.05, 4.69) is 0 Å². The second kappa shape index (κ2) is 12.1. The molecule has 2 aromatic carbocycles. The topological polar surface area (TPSA) is 108 Å². The third-order valence-electron chi connectivity index (χ3n) is 8.85. The molecule has 0 amide bonds. The quantitative estimate of drug-likeness (QED) is 0.152. The number of aliphatic imine (C=N–C) groups is 1. The highest BCUT2D eigenvalue weighted by atomic mass is 32.1. The lowest BCUT2D eigenvalue weighted by molar-refractivity contribution is -0.135. The molecule has 7 rings (SSSR count). The highest BCUT2D eigenvalue weighted by Crippen LogP contribution is 2.52. The van der Waals surface area contributed by atoms with Crippen LogP contribution in [-0.4, -0.2) is 5.71 Å². The fourth-order valence-electron chi connectivity index (χ4n) is 6.61. The van der Waals surface area contributed by atoms with E-state index < -0.39 is 22.1 Å². The van der Waals surface area contributed by atoms with Crippen LogP contribution in [0.5, 0.6) is 0 Å². The van der Waals surface area contributed by atoms with Crippen molar-refractivity contribution in [1.82, 2.24) is 0 Å². The molecule has 0 fully saturated rings. The first-order chi connectivity index (χ1) is 24.3. The van der Waals surface area contributed by atoms with Gasteiger partial charge in [-0.2, -0.15) is 47.4 Å². The van der Waals surface area contributed by atoms with Gasteiger partial charge in [-0.1, -0.05) is 29.8 Å². The standard InChI is InChI=1S/C38H17F6N5S2/c1-18-2-5-24-23-6-3-19(28-8-10-30(50-28)37(39,40)41)12-26(23)34(22(16-47)17-48)36(24)49-35-25-7-4-20(29-9-11-31(51-29)38(42,43)44)13-27(25)33(32(18)35)21(14-45)15-46/h3-4,6-13H,2,5H2,1H3/b32-18+,49-35?. The summed E-state index contributed by atoms with van der Waals surface area (Å²) < 4.78 is 80.6. The van der Waals surface area contributed by atoms with Crippen LogP contribution in [0.1, 0.15) is 51.8 Å². The lowest BCUT2D eigenvalue weighted by atomic mass is 9.91. The predicted molar refractivity (Wildman–Crippen MR) is 181 cm³/mol. The molecule has 13 heteroatoms. The Morgan fingerprint density at radius 2 is 1.12 bits per heavy atom. The maximum absolute atomic E-state index is 13.4. The number of thiophene rings is 2. The van der Waals surface area contributed by atoms with Gasteiger partial charge in [0.25, 0.3) is 0 Å². The zero-order chi connectivity index (χ0) is 36.4. The lowest BCUT2D eigenvalue weighted by Gasteiger charge is -2.15. The van der Waals surface area contributed by atoms with Gasteiger partial charge in [0.15, 0.2) is 0 Å². The Morgan fingerprint density at radius 1 is 0.627 bits per heavy atom. The molecule has 51 heavy (non-hydrogen) atoms. The third-order valence-corrected chi connectivity index (χ3v) is 11.2. The van der Waals surface area contributed by atoms with E-state index in [4.69, 9.17) is 4.99 Å². The molecule has 2 aliphatic carbocycles. The van der Waals surface area contributed by atoms with Gasteiger partial charge in [0, 0.05) is 32.0 Å². The van der Waals surface area contributed by atoms with Gasteiger partial charge in [-0.3, -0.25) is 0 Å². The number of rotatable bonds is 2. The number of hydrogen-bond donors (Lipinski definition) is 0. The van der Waals surface area contributed by atoms with E-state index in [1.54, 1.807) is 36.4 Å². The van der Waals surface area contributed by atoms with Gasteiger partial charge in [0.2, 0.25) is 0 Å². The molecule has 0 bridgehead atoms. The molecule has 248 valence electrons. The highest BCUT2D eigenvalue weighted by Gasteiger charge is 2.38. The first-order valence-corrected chi connectivity index (χ1v) is 16.7. The van der Waals surface area contributed by atoms with Crippen LogP contribution in [0.4, 0.5) is 26.3 Å². The third kappa shape index (κ3) is 5.48. The van der Waals surface area contributed by atoms with Gasteiger partial charge in [-0.05, 0) is 89.6 Å². The molecular weight excluding hydrogens is 705 g/mol. The van der Waals surface area contributed by atoms with Crippen LogP contribution in [0.3, 0.4) is 0 Å². The van der Waals surface area contributed by atoms with Crippen LogP contribution in [0.2, 0.25) is 0 Å². The molecule has 3 aliphatic rings. The summed E-state index contributed by atoms with van der Waals surface area (Å²) in [7, 11) is 0. The van der Waals surface area contributed by atoms with Crippen molar-refractivity contribution in [3.8, 4) is 45.2 Å². The number of nitriles is 4. The van der Waals surface area contributed by atoms with Crippen molar-refractivity contribution in [1.29, 1.82) is 21.0 Å². The largest absolute Gasteiger partial charge is 0.425 e. The Labute approximate surface area is 294 Å². The van der Waals surface area contributed by atoms with Crippen molar-refractivity contribution in [3.05, 3.63) is 121 Å². The van der Waals surface area contributed by atoms with E-state index in [1.165, 1.54) is 12.1 Å².